The van der Waals surface area contributed by atoms with Crippen LogP contribution in [0.4, 0.5) is 0 Å². The number of Topliss-reactive ketones (excluding diaryl/α,β-unsaturated/α-hetero) is 1. The van der Waals surface area contributed by atoms with E-state index in [1.54, 1.807) is 6.08 Å². The summed E-state index contributed by atoms with van der Waals surface area (Å²) >= 11 is 7.45. The molecule has 0 bridgehead atoms. The number of aliphatic hydroxyl groups excluding tert-OH is 2. The Morgan fingerprint density at radius 2 is 1.97 bits per heavy atom. The van der Waals surface area contributed by atoms with E-state index in [4.69, 9.17) is 16.3 Å². The molecule has 0 heterocycles. The molecule has 7 heteroatoms. The average molecular weight is 493 g/mol. The average Bonchev–Trinajstić information content (AvgIpc) is 3.00. The third-order valence-electron chi connectivity index (χ3n) is 9.75. The standard InChI is InChI=1S/C27H37ClO6/c1-5-6-7-23(33)34-27(22(32)15-29)16(2)12-20-19-9-8-17-13-18(30)10-11-24(17,3)26(19,28)21(31)14-25(20,27)4/h10-11,13,16,19-21,29,31H,5-9,12,14-15H2,1-4H3/t16-,19+,20+,21+,24+,25+,26+,27-/m1/s1. The number of fused-ring (bicyclic) bond motifs is 5. The molecule has 0 radical (unpaired) electrons. The molecule has 0 aromatic rings. The van der Waals surface area contributed by atoms with Gasteiger partial charge in [-0.15, -0.1) is 11.6 Å². The van der Waals surface area contributed by atoms with Gasteiger partial charge in [0.1, 0.15) is 6.61 Å². The van der Waals surface area contributed by atoms with Gasteiger partial charge in [0.15, 0.2) is 11.4 Å². The molecular formula is C27H37ClO6. The van der Waals surface area contributed by atoms with E-state index in [2.05, 4.69) is 0 Å². The lowest BCUT2D eigenvalue weighted by molar-refractivity contribution is -0.203. The molecule has 0 aromatic carbocycles. The molecule has 3 fully saturated rings. The second-order valence-electron chi connectivity index (χ2n) is 11.3. The smallest absolute Gasteiger partial charge is 0.306 e. The monoisotopic (exact) mass is 492 g/mol. The third kappa shape index (κ3) is 3.17. The van der Waals surface area contributed by atoms with Gasteiger partial charge >= 0.3 is 5.97 Å². The van der Waals surface area contributed by atoms with Crippen LogP contribution in [0.25, 0.3) is 0 Å². The van der Waals surface area contributed by atoms with Gasteiger partial charge in [0.25, 0.3) is 0 Å². The van der Waals surface area contributed by atoms with Gasteiger partial charge in [-0.2, -0.15) is 0 Å². The minimum absolute atomic E-state index is 0.0673. The number of ether oxygens (including phenoxy) is 1. The molecule has 3 saturated carbocycles. The number of halogens is 1. The van der Waals surface area contributed by atoms with Crippen LogP contribution in [0.3, 0.4) is 0 Å². The first kappa shape index (κ1) is 25.6. The Morgan fingerprint density at radius 1 is 1.26 bits per heavy atom. The van der Waals surface area contributed by atoms with Crippen molar-refractivity contribution in [3.63, 3.8) is 0 Å². The molecule has 6 nitrogen and oxygen atoms in total. The Balaban J connectivity index is 1.80. The van der Waals surface area contributed by atoms with Crippen molar-refractivity contribution < 1.29 is 29.3 Å². The largest absolute Gasteiger partial charge is 0.450 e. The van der Waals surface area contributed by atoms with E-state index >= 15 is 0 Å². The van der Waals surface area contributed by atoms with Crippen molar-refractivity contribution in [3.8, 4) is 0 Å². The number of carbonyl (C=O) groups is 3. The molecule has 0 spiro atoms. The van der Waals surface area contributed by atoms with Gasteiger partial charge in [-0.1, -0.05) is 45.8 Å². The van der Waals surface area contributed by atoms with Crippen molar-refractivity contribution in [3.05, 3.63) is 23.8 Å². The van der Waals surface area contributed by atoms with Gasteiger partial charge in [0.05, 0.1) is 11.0 Å². The molecule has 8 atom stereocenters. The van der Waals surface area contributed by atoms with Crippen LogP contribution < -0.4 is 0 Å². The van der Waals surface area contributed by atoms with Crippen LogP contribution in [0, 0.1) is 28.6 Å². The van der Waals surface area contributed by atoms with Gasteiger partial charge in [-0.3, -0.25) is 14.4 Å². The molecule has 4 rings (SSSR count). The summed E-state index contributed by atoms with van der Waals surface area (Å²) in [6.45, 7) is 7.07. The quantitative estimate of drug-likeness (QED) is 0.430. The first-order chi connectivity index (χ1) is 15.9. The minimum atomic E-state index is -1.51. The zero-order chi connectivity index (χ0) is 25.1. The molecule has 4 aliphatic rings. The van der Waals surface area contributed by atoms with Crippen molar-refractivity contribution in [1.82, 2.24) is 0 Å². The first-order valence-corrected chi connectivity index (χ1v) is 13.0. The van der Waals surface area contributed by atoms with E-state index in [1.165, 1.54) is 6.08 Å². The van der Waals surface area contributed by atoms with Gasteiger partial charge in [0, 0.05) is 23.2 Å². The Morgan fingerprint density at radius 3 is 2.62 bits per heavy atom. The number of carbonyl (C=O) groups excluding carboxylic acids is 3. The number of rotatable bonds is 6. The lowest BCUT2D eigenvalue weighted by atomic mass is 9.45. The van der Waals surface area contributed by atoms with Crippen molar-refractivity contribution in [1.29, 1.82) is 0 Å². The summed E-state index contributed by atoms with van der Waals surface area (Å²) in [6, 6.07) is 0. The van der Waals surface area contributed by atoms with Crippen LogP contribution in [0.2, 0.25) is 0 Å². The van der Waals surface area contributed by atoms with E-state index in [0.717, 1.165) is 12.0 Å². The topological polar surface area (TPSA) is 101 Å². The highest BCUT2D eigenvalue weighted by molar-refractivity contribution is 6.26. The lowest BCUT2D eigenvalue weighted by Gasteiger charge is -2.64. The lowest BCUT2D eigenvalue weighted by Crippen LogP contribution is -2.69. The number of aliphatic hydroxyl groups is 2. The van der Waals surface area contributed by atoms with Crippen LogP contribution in [0.5, 0.6) is 0 Å². The van der Waals surface area contributed by atoms with Gasteiger partial charge in [-0.25, -0.2) is 0 Å². The SMILES string of the molecule is CCCCC(=O)O[C@@]1(C(=O)CO)[C@H](C)C[C@H]2[C@@H]3CCC4=CC(=O)C=C[C@]4(C)[C@@]3(Cl)[C@@H](O)C[C@@]21C. The summed E-state index contributed by atoms with van der Waals surface area (Å²) in [4.78, 5) is 37.3. The normalized spacial score (nSPS) is 45.1. The minimum Gasteiger partial charge on any atom is -0.450 e. The van der Waals surface area contributed by atoms with Crippen LogP contribution in [-0.4, -0.2) is 50.9 Å². The Hall–Kier alpha value is -1.50. The summed E-state index contributed by atoms with van der Waals surface area (Å²) < 4.78 is 6.07. The predicted octanol–water partition coefficient (Wildman–Crippen LogP) is 3.91. The molecule has 0 saturated heterocycles. The van der Waals surface area contributed by atoms with Gasteiger partial charge < -0.3 is 14.9 Å². The number of allylic oxidation sites excluding steroid dienone is 4. The number of ketones is 2. The molecule has 0 amide bonds. The molecule has 0 unspecified atom stereocenters. The van der Waals surface area contributed by atoms with Crippen LogP contribution in [0.1, 0.15) is 72.6 Å². The second-order valence-corrected chi connectivity index (χ2v) is 11.9. The molecular weight excluding hydrogens is 456 g/mol. The molecule has 188 valence electrons. The molecule has 34 heavy (non-hydrogen) atoms. The maximum Gasteiger partial charge on any atom is 0.306 e. The number of hydrogen-bond donors (Lipinski definition) is 2. The number of hydrogen-bond acceptors (Lipinski definition) is 6. The maximum atomic E-state index is 13.4. The molecule has 0 aromatic heterocycles. The van der Waals surface area contributed by atoms with Crippen molar-refractivity contribution in [2.75, 3.05) is 6.61 Å². The van der Waals surface area contributed by atoms with Crippen LogP contribution in [-0.2, 0) is 19.1 Å². The van der Waals surface area contributed by atoms with Crippen molar-refractivity contribution in [2.24, 2.45) is 28.6 Å². The van der Waals surface area contributed by atoms with E-state index in [-0.39, 0.29) is 36.4 Å². The zero-order valence-corrected chi connectivity index (χ0v) is 21.4. The van der Waals surface area contributed by atoms with Crippen LogP contribution >= 0.6 is 11.6 Å². The van der Waals surface area contributed by atoms with E-state index in [1.807, 2.05) is 33.8 Å². The summed E-state index contributed by atoms with van der Waals surface area (Å²) in [6.07, 6.45) is 7.82. The second kappa shape index (κ2) is 8.56. The fourth-order valence-electron chi connectivity index (χ4n) is 8.07. The highest BCUT2D eigenvalue weighted by Crippen LogP contribution is 2.72. The summed E-state index contributed by atoms with van der Waals surface area (Å²) in [5.41, 5.74) is -2.14. The number of unbranched alkanes of at least 4 members (excludes halogenated alkanes) is 1. The molecule has 2 N–H and O–H groups in total. The summed E-state index contributed by atoms with van der Waals surface area (Å²) in [7, 11) is 0. The maximum absolute atomic E-state index is 13.4. The Kier molecular flexibility index (Phi) is 6.44. The molecule has 0 aliphatic heterocycles. The highest BCUT2D eigenvalue weighted by Gasteiger charge is 2.76. The summed E-state index contributed by atoms with van der Waals surface area (Å²) in [5, 5.41) is 21.7. The van der Waals surface area contributed by atoms with Gasteiger partial charge in [-0.05, 0) is 56.1 Å². The summed E-state index contributed by atoms with van der Waals surface area (Å²) in [5.74, 6) is -1.59. The fraction of sp³-hybridized carbons (Fsp3) is 0.741. The predicted molar refractivity (Wildman–Crippen MR) is 128 cm³/mol. The number of alkyl halides is 1. The van der Waals surface area contributed by atoms with E-state index in [0.29, 0.717) is 25.7 Å². The Labute approximate surface area is 206 Å². The molecule has 4 aliphatic carbocycles. The van der Waals surface area contributed by atoms with Gasteiger partial charge in [0.2, 0.25) is 5.78 Å². The van der Waals surface area contributed by atoms with Crippen molar-refractivity contribution >= 4 is 29.1 Å². The van der Waals surface area contributed by atoms with Crippen molar-refractivity contribution in [2.45, 2.75) is 89.2 Å². The van der Waals surface area contributed by atoms with E-state index in [9.17, 15) is 24.6 Å². The van der Waals surface area contributed by atoms with Crippen LogP contribution in [0.15, 0.2) is 23.8 Å². The fourth-order valence-corrected chi connectivity index (χ4v) is 8.59. The third-order valence-corrected chi connectivity index (χ3v) is 10.7. The first-order valence-electron chi connectivity index (χ1n) is 12.6. The highest BCUT2D eigenvalue weighted by atomic mass is 35.5. The van der Waals surface area contributed by atoms with E-state index < -0.39 is 45.8 Å². The number of esters is 1. The zero-order valence-electron chi connectivity index (χ0n) is 20.6. The Bertz CT molecular complexity index is 957.